The van der Waals surface area contributed by atoms with Crippen LogP contribution in [0.1, 0.15) is 56.9 Å². The zero-order valence-corrected chi connectivity index (χ0v) is 14.4. The van der Waals surface area contributed by atoms with Crippen molar-refractivity contribution in [2.24, 2.45) is 0 Å². The van der Waals surface area contributed by atoms with Gasteiger partial charge >= 0.3 is 6.09 Å². The van der Waals surface area contributed by atoms with Gasteiger partial charge < -0.3 is 4.74 Å². The summed E-state index contributed by atoms with van der Waals surface area (Å²) in [4.78, 5) is 25.7. The van der Waals surface area contributed by atoms with E-state index in [4.69, 9.17) is 4.74 Å². The SMILES string of the molecule is CC/C=C\CCCCC[C@H](C(=O)N1CCOC1=O)c1ccccc1. The standard InChI is InChI=1S/C20H27NO3/c1-2-3-4-5-6-7-11-14-18(17-12-9-8-10-13-17)19(22)21-15-16-24-20(21)23/h3-4,8-10,12-13,18H,2,5-7,11,14-16H2,1H3/b4-3-/t18-/m0/s1. The molecule has 1 aliphatic rings. The first-order valence-electron chi connectivity index (χ1n) is 8.92. The van der Waals surface area contributed by atoms with Crippen LogP contribution >= 0.6 is 0 Å². The second-order valence-electron chi connectivity index (χ2n) is 6.09. The number of hydrogen-bond acceptors (Lipinski definition) is 3. The normalized spacial score (nSPS) is 15.7. The first-order chi connectivity index (χ1) is 11.7. The molecular weight excluding hydrogens is 302 g/mol. The average molecular weight is 329 g/mol. The summed E-state index contributed by atoms with van der Waals surface area (Å²) in [7, 11) is 0. The number of unbranched alkanes of at least 4 members (excludes halogenated alkanes) is 3. The Balaban J connectivity index is 1.93. The van der Waals surface area contributed by atoms with E-state index < -0.39 is 6.09 Å². The maximum atomic E-state index is 12.8. The number of carbonyl (C=O) groups is 2. The number of cyclic esters (lactones) is 1. The number of ether oxygens (including phenoxy) is 1. The molecule has 4 heteroatoms. The van der Waals surface area contributed by atoms with Crippen LogP contribution in [0.5, 0.6) is 0 Å². The van der Waals surface area contributed by atoms with Crippen LogP contribution in [0, 0.1) is 0 Å². The van der Waals surface area contributed by atoms with Crippen LogP contribution in [0.2, 0.25) is 0 Å². The van der Waals surface area contributed by atoms with Gasteiger partial charge in [0.15, 0.2) is 0 Å². The highest BCUT2D eigenvalue weighted by molar-refractivity contribution is 5.96. The van der Waals surface area contributed by atoms with Crippen molar-refractivity contribution in [1.82, 2.24) is 4.90 Å². The Morgan fingerprint density at radius 2 is 2.00 bits per heavy atom. The summed E-state index contributed by atoms with van der Waals surface area (Å²) in [5.74, 6) is -0.391. The Morgan fingerprint density at radius 3 is 2.67 bits per heavy atom. The number of amides is 2. The molecule has 1 aliphatic heterocycles. The minimum absolute atomic E-state index is 0.130. The van der Waals surface area contributed by atoms with Crippen LogP contribution in [-0.4, -0.2) is 30.1 Å². The summed E-state index contributed by atoms with van der Waals surface area (Å²) < 4.78 is 4.91. The second kappa shape index (κ2) is 9.91. The lowest BCUT2D eigenvalue weighted by Crippen LogP contribution is -2.35. The van der Waals surface area contributed by atoms with Crippen LogP contribution in [0.3, 0.4) is 0 Å². The van der Waals surface area contributed by atoms with Gasteiger partial charge in [0.25, 0.3) is 0 Å². The minimum atomic E-state index is -0.509. The van der Waals surface area contributed by atoms with Gasteiger partial charge in [-0.3, -0.25) is 4.79 Å². The van der Waals surface area contributed by atoms with Crippen molar-refractivity contribution in [2.75, 3.05) is 13.2 Å². The average Bonchev–Trinajstić information content (AvgIpc) is 3.04. The van der Waals surface area contributed by atoms with E-state index in [1.54, 1.807) is 0 Å². The predicted molar refractivity (Wildman–Crippen MR) is 94.8 cm³/mol. The van der Waals surface area contributed by atoms with Gasteiger partial charge in [-0.05, 0) is 31.2 Å². The molecule has 0 spiro atoms. The third kappa shape index (κ3) is 5.22. The highest BCUT2D eigenvalue weighted by Crippen LogP contribution is 2.26. The summed E-state index contributed by atoms with van der Waals surface area (Å²) in [5.41, 5.74) is 0.980. The van der Waals surface area contributed by atoms with E-state index in [9.17, 15) is 9.59 Å². The minimum Gasteiger partial charge on any atom is -0.447 e. The van der Waals surface area contributed by atoms with Crippen molar-refractivity contribution in [3.05, 3.63) is 48.0 Å². The Hall–Kier alpha value is -2.10. The van der Waals surface area contributed by atoms with Crippen molar-refractivity contribution >= 4 is 12.0 Å². The molecule has 1 fully saturated rings. The van der Waals surface area contributed by atoms with Crippen LogP contribution < -0.4 is 0 Å². The molecule has 1 heterocycles. The summed E-state index contributed by atoms with van der Waals surface area (Å²) in [6, 6.07) is 9.75. The fourth-order valence-electron chi connectivity index (χ4n) is 2.97. The van der Waals surface area contributed by atoms with E-state index in [0.29, 0.717) is 13.2 Å². The molecule has 1 aromatic rings. The fourth-order valence-corrected chi connectivity index (χ4v) is 2.97. The van der Waals surface area contributed by atoms with Gasteiger partial charge in [-0.2, -0.15) is 0 Å². The molecule has 2 amide bonds. The number of nitrogens with zero attached hydrogens (tertiary/aromatic N) is 1. The van der Waals surface area contributed by atoms with Crippen molar-refractivity contribution in [2.45, 2.75) is 51.4 Å². The number of hydrogen-bond donors (Lipinski definition) is 0. The van der Waals surface area contributed by atoms with Crippen molar-refractivity contribution in [3.8, 4) is 0 Å². The third-order valence-corrected chi connectivity index (χ3v) is 4.29. The molecule has 0 aliphatic carbocycles. The molecule has 0 aromatic heterocycles. The van der Waals surface area contributed by atoms with Crippen LogP contribution in [0.4, 0.5) is 4.79 Å². The number of allylic oxidation sites excluding steroid dienone is 2. The Labute approximate surface area is 144 Å². The molecular formula is C20H27NO3. The molecule has 0 N–H and O–H groups in total. The van der Waals surface area contributed by atoms with E-state index in [2.05, 4.69) is 19.1 Å². The summed E-state index contributed by atoms with van der Waals surface area (Å²) in [6.07, 6.45) is 10.1. The predicted octanol–water partition coefficient (Wildman–Crippen LogP) is 4.67. The number of rotatable bonds is 9. The smallest absolute Gasteiger partial charge is 0.416 e. The molecule has 1 saturated heterocycles. The largest absolute Gasteiger partial charge is 0.447 e. The van der Waals surface area contributed by atoms with Gasteiger partial charge in [-0.15, -0.1) is 0 Å². The molecule has 4 nitrogen and oxygen atoms in total. The lowest BCUT2D eigenvalue weighted by atomic mass is 9.91. The van der Waals surface area contributed by atoms with E-state index in [-0.39, 0.29) is 11.8 Å². The zero-order chi connectivity index (χ0) is 17.2. The van der Waals surface area contributed by atoms with E-state index in [0.717, 1.165) is 44.1 Å². The number of carbonyl (C=O) groups excluding carboxylic acids is 2. The van der Waals surface area contributed by atoms with Gasteiger partial charge in [0.05, 0.1) is 12.5 Å². The zero-order valence-electron chi connectivity index (χ0n) is 14.4. The molecule has 0 unspecified atom stereocenters. The first kappa shape index (κ1) is 18.2. The monoisotopic (exact) mass is 329 g/mol. The van der Waals surface area contributed by atoms with E-state index in [1.807, 2.05) is 30.3 Å². The molecule has 1 aromatic carbocycles. The highest BCUT2D eigenvalue weighted by Gasteiger charge is 2.33. The number of benzene rings is 1. The van der Waals surface area contributed by atoms with Crippen LogP contribution in [0.15, 0.2) is 42.5 Å². The Bertz CT molecular complexity index is 553. The van der Waals surface area contributed by atoms with Gasteiger partial charge in [-0.25, -0.2) is 9.69 Å². The van der Waals surface area contributed by atoms with Gasteiger partial charge in [0, 0.05) is 0 Å². The highest BCUT2D eigenvalue weighted by atomic mass is 16.6. The quantitative estimate of drug-likeness (QED) is 0.489. The van der Waals surface area contributed by atoms with Crippen molar-refractivity contribution in [1.29, 1.82) is 0 Å². The second-order valence-corrected chi connectivity index (χ2v) is 6.09. The summed E-state index contributed by atoms with van der Waals surface area (Å²) >= 11 is 0. The van der Waals surface area contributed by atoms with Crippen LogP contribution in [0.25, 0.3) is 0 Å². The first-order valence-corrected chi connectivity index (χ1v) is 8.92. The van der Waals surface area contributed by atoms with Crippen molar-refractivity contribution in [3.63, 3.8) is 0 Å². The number of imide groups is 1. The van der Waals surface area contributed by atoms with Gasteiger partial charge in [0.1, 0.15) is 6.61 Å². The molecule has 0 saturated carbocycles. The third-order valence-electron chi connectivity index (χ3n) is 4.29. The molecule has 0 radical (unpaired) electrons. The Morgan fingerprint density at radius 1 is 1.21 bits per heavy atom. The lowest BCUT2D eigenvalue weighted by molar-refractivity contribution is -0.129. The maximum absolute atomic E-state index is 12.8. The molecule has 130 valence electrons. The van der Waals surface area contributed by atoms with Gasteiger partial charge in [-0.1, -0.05) is 62.2 Å². The van der Waals surface area contributed by atoms with E-state index >= 15 is 0 Å². The molecule has 0 bridgehead atoms. The van der Waals surface area contributed by atoms with Crippen LogP contribution in [-0.2, 0) is 9.53 Å². The molecule has 24 heavy (non-hydrogen) atoms. The fraction of sp³-hybridized carbons (Fsp3) is 0.500. The van der Waals surface area contributed by atoms with E-state index in [1.165, 1.54) is 4.90 Å². The molecule has 2 rings (SSSR count). The maximum Gasteiger partial charge on any atom is 0.416 e. The summed E-state index contributed by atoms with van der Waals surface area (Å²) in [5, 5.41) is 0. The van der Waals surface area contributed by atoms with Gasteiger partial charge in [0.2, 0.25) is 5.91 Å². The summed E-state index contributed by atoms with van der Waals surface area (Å²) in [6.45, 7) is 2.80. The molecule has 1 atom stereocenters. The lowest BCUT2D eigenvalue weighted by Gasteiger charge is -2.20. The van der Waals surface area contributed by atoms with Crippen molar-refractivity contribution < 1.29 is 14.3 Å². The topological polar surface area (TPSA) is 46.6 Å². The Kier molecular flexibility index (Phi) is 7.53.